The van der Waals surface area contributed by atoms with E-state index in [9.17, 15) is 9.18 Å². The van der Waals surface area contributed by atoms with Crippen LogP contribution in [0, 0.1) is 5.82 Å². The fourth-order valence-electron chi connectivity index (χ4n) is 1.69. The number of carbonyl (C=O) groups is 1. The van der Waals surface area contributed by atoms with Crippen LogP contribution in [-0.2, 0) is 0 Å². The number of halogens is 2. The van der Waals surface area contributed by atoms with E-state index in [1.54, 1.807) is 6.07 Å². The van der Waals surface area contributed by atoms with E-state index in [0.717, 1.165) is 0 Å². The van der Waals surface area contributed by atoms with Gasteiger partial charge in [-0.2, -0.15) is 0 Å². The highest BCUT2D eigenvalue weighted by atomic mass is 79.9. The summed E-state index contributed by atoms with van der Waals surface area (Å²) >= 11 is 3.23. The molecule has 2 rings (SSSR count). The molecule has 0 spiro atoms. The fourth-order valence-corrected chi connectivity index (χ4v) is 2.02. The molecule has 1 aromatic carbocycles. The van der Waals surface area contributed by atoms with E-state index >= 15 is 0 Å². The van der Waals surface area contributed by atoms with Crippen LogP contribution in [0.1, 0.15) is 10.4 Å². The van der Waals surface area contributed by atoms with Gasteiger partial charge in [0.1, 0.15) is 11.6 Å². The normalized spacial score (nSPS) is 10.1. The van der Waals surface area contributed by atoms with E-state index in [1.165, 1.54) is 31.5 Å². The SMILES string of the molecule is COc1cc(F)ccc1NC(=O)c1cc(Br)cnc1NN. The van der Waals surface area contributed by atoms with Crippen LogP contribution in [0.15, 0.2) is 34.9 Å². The Morgan fingerprint density at radius 2 is 2.19 bits per heavy atom. The molecule has 1 heterocycles. The fraction of sp³-hybridized carbons (Fsp3) is 0.0769. The van der Waals surface area contributed by atoms with Gasteiger partial charge in [-0.1, -0.05) is 0 Å². The summed E-state index contributed by atoms with van der Waals surface area (Å²) in [7, 11) is 1.39. The number of nitrogens with one attached hydrogen (secondary N) is 2. The Kier molecular flexibility index (Phi) is 4.71. The third-order valence-electron chi connectivity index (χ3n) is 2.65. The number of rotatable bonds is 4. The Balaban J connectivity index is 2.32. The van der Waals surface area contributed by atoms with Gasteiger partial charge in [0.2, 0.25) is 0 Å². The average molecular weight is 355 g/mol. The summed E-state index contributed by atoms with van der Waals surface area (Å²) in [6.07, 6.45) is 1.50. The quantitative estimate of drug-likeness (QED) is 0.579. The number of hydrogen-bond donors (Lipinski definition) is 3. The van der Waals surface area contributed by atoms with Crippen LogP contribution < -0.4 is 21.3 Å². The molecule has 1 aromatic heterocycles. The summed E-state index contributed by atoms with van der Waals surface area (Å²) in [6.45, 7) is 0. The van der Waals surface area contributed by atoms with Gasteiger partial charge in [-0.15, -0.1) is 0 Å². The van der Waals surface area contributed by atoms with Crippen LogP contribution in [0.4, 0.5) is 15.9 Å². The van der Waals surface area contributed by atoms with E-state index in [0.29, 0.717) is 10.2 Å². The highest BCUT2D eigenvalue weighted by Crippen LogP contribution is 2.26. The van der Waals surface area contributed by atoms with Crippen molar-refractivity contribution >= 4 is 33.3 Å². The zero-order valence-corrected chi connectivity index (χ0v) is 12.6. The predicted molar refractivity (Wildman–Crippen MR) is 80.7 cm³/mol. The third kappa shape index (κ3) is 3.47. The molecular formula is C13H12BrFN4O2. The topological polar surface area (TPSA) is 89.3 Å². The Hall–Kier alpha value is -2.19. The van der Waals surface area contributed by atoms with Crippen LogP contribution in [0.5, 0.6) is 5.75 Å². The maximum Gasteiger partial charge on any atom is 0.259 e. The minimum Gasteiger partial charge on any atom is -0.494 e. The first-order valence-electron chi connectivity index (χ1n) is 5.82. The van der Waals surface area contributed by atoms with Crippen molar-refractivity contribution in [2.45, 2.75) is 0 Å². The van der Waals surface area contributed by atoms with Crippen LogP contribution in [0.3, 0.4) is 0 Å². The van der Waals surface area contributed by atoms with Crippen molar-refractivity contribution in [3.05, 3.63) is 46.3 Å². The van der Waals surface area contributed by atoms with Crippen molar-refractivity contribution in [1.82, 2.24) is 4.98 Å². The number of ether oxygens (including phenoxy) is 1. The van der Waals surface area contributed by atoms with E-state index in [1.807, 2.05) is 0 Å². The predicted octanol–water partition coefficient (Wildman–Crippen LogP) is 2.53. The lowest BCUT2D eigenvalue weighted by atomic mass is 10.2. The van der Waals surface area contributed by atoms with Crippen molar-refractivity contribution < 1.29 is 13.9 Å². The maximum atomic E-state index is 13.1. The highest BCUT2D eigenvalue weighted by Gasteiger charge is 2.15. The van der Waals surface area contributed by atoms with Crippen molar-refractivity contribution in [3.63, 3.8) is 0 Å². The monoisotopic (exact) mass is 354 g/mol. The van der Waals surface area contributed by atoms with Crippen molar-refractivity contribution in [1.29, 1.82) is 0 Å². The van der Waals surface area contributed by atoms with E-state index in [-0.39, 0.29) is 17.1 Å². The van der Waals surface area contributed by atoms with Gasteiger partial charge in [-0.3, -0.25) is 4.79 Å². The summed E-state index contributed by atoms with van der Waals surface area (Å²) in [5, 5.41) is 2.62. The lowest BCUT2D eigenvalue weighted by Crippen LogP contribution is -2.18. The second kappa shape index (κ2) is 6.51. The van der Waals surface area contributed by atoms with Crippen LogP contribution in [0.2, 0.25) is 0 Å². The molecule has 0 aliphatic heterocycles. The molecule has 1 amide bonds. The van der Waals surface area contributed by atoms with Gasteiger partial charge in [-0.05, 0) is 34.1 Å². The summed E-state index contributed by atoms with van der Waals surface area (Å²) in [5.41, 5.74) is 2.92. The number of amides is 1. The molecule has 0 saturated carbocycles. The Morgan fingerprint density at radius 1 is 1.43 bits per heavy atom. The summed E-state index contributed by atoms with van der Waals surface area (Å²) in [6, 6.07) is 5.37. The number of nitrogen functional groups attached to an aromatic ring is 1. The first-order chi connectivity index (χ1) is 10.0. The van der Waals surface area contributed by atoms with Gasteiger partial charge in [0, 0.05) is 16.7 Å². The number of hydrazine groups is 1. The largest absolute Gasteiger partial charge is 0.494 e. The summed E-state index contributed by atoms with van der Waals surface area (Å²) in [4.78, 5) is 16.3. The van der Waals surface area contributed by atoms with Gasteiger partial charge in [0.15, 0.2) is 5.82 Å². The van der Waals surface area contributed by atoms with Crippen molar-refractivity contribution in [2.75, 3.05) is 17.9 Å². The maximum absolute atomic E-state index is 13.1. The zero-order valence-electron chi connectivity index (χ0n) is 11.0. The average Bonchev–Trinajstić information content (AvgIpc) is 2.48. The first-order valence-corrected chi connectivity index (χ1v) is 6.61. The number of benzene rings is 1. The van der Waals surface area contributed by atoms with Crippen molar-refractivity contribution in [3.8, 4) is 5.75 Å². The number of anilines is 2. The molecule has 0 unspecified atom stereocenters. The van der Waals surface area contributed by atoms with Gasteiger partial charge in [0.05, 0.1) is 18.4 Å². The van der Waals surface area contributed by atoms with E-state index in [2.05, 4.69) is 31.7 Å². The zero-order chi connectivity index (χ0) is 15.4. The van der Waals surface area contributed by atoms with Gasteiger partial charge in [-0.25, -0.2) is 15.2 Å². The molecule has 0 atom stereocenters. The number of nitrogens with two attached hydrogens (primary N) is 1. The molecule has 0 aliphatic carbocycles. The number of carbonyl (C=O) groups excluding carboxylic acids is 1. The van der Waals surface area contributed by atoms with E-state index in [4.69, 9.17) is 10.6 Å². The smallest absolute Gasteiger partial charge is 0.259 e. The Morgan fingerprint density at radius 3 is 2.86 bits per heavy atom. The number of aromatic nitrogens is 1. The molecule has 8 heteroatoms. The number of methoxy groups -OCH3 is 1. The molecule has 0 radical (unpaired) electrons. The summed E-state index contributed by atoms with van der Waals surface area (Å²) in [5.74, 6) is 4.84. The third-order valence-corrected chi connectivity index (χ3v) is 3.08. The summed E-state index contributed by atoms with van der Waals surface area (Å²) < 4.78 is 18.8. The lowest BCUT2D eigenvalue weighted by molar-refractivity contribution is 0.102. The molecule has 0 saturated heterocycles. The van der Waals surface area contributed by atoms with Crippen LogP contribution >= 0.6 is 15.9 Å². The second-order valence-electron chi connectivity index (χ2n) is 3.99. The molecule has 0 fully saturated rings. The molecule has 110 valence electrons. The Labute approximate surface area is 128 Å². The highest BCUT2D eigenvalue weighted by molar-refractivity contribution is 9.10. The molecule has 0 aliphatic rings. The standard InChI is InChI=1S/C13H12BrFN4O2/c1-21-11-5-8(15)2-3-10(11)18-13(20)9-4-7(14)6-17-12(9)19-16/h2-6H,16H2,1H3,(H,17,19)(H,18,20). The molecule has 6 nitrogen and oxygen atoms in total. The molecule has 4 N–H and O–H groups in total. The van der Waals surface area contributed by atoms with Crippen LogP contribution in [-0.4, -0.2) is 18.0 Å². The molecular weight excluding hydrogens is 343 g/mol. The van der Waals surface area contributed by atoms with Crippen molar-refractivity contribution in [2.24, 2.45) is 5.84 Å². The molecule has 0 bridgehead atoms. The van der Waals surface area contributed by atoms with Gasteiger partial charge in [0.25, 0.3) is 5.91 Å². The second-order valence-corrected chi connectivity index (χ2v) is 4.91. The first kappa shape index (κ1) is 15.2. The lowest BCUT2D eigenvalue weighted by Gasteiger charge is -2.12. The number of nitrogens with zero attached hydrogens (tertiary/aromatic N) is 1. The number of pyridine rings is 1. The molecule has 2 aromatic rings. The van der Waals surface area contributed by atoms with Crippen LogP contribution in [0.25, 0.3) is 0 Å². The van der Waals surface area contributed by atoms with Gasteiger partial charge < -0.3 is 15.5 Å². The number of hydrogen-bond acceptors (Lipinski definition) is 5. The molecule has 21 heavy (non-hydrogen) atoms. The van der Waals surface area contributed by atoms with E-state index < -0.39 is 11.7 Å². The minimum atomic E-state index is -0.460. The van der Waals surface area contributed by atoms with Gasteiger partial charge >= 0.3 is 0 Å². The Bertz CT molecular complexity index is 681. The minimum absolute atomic E-state index is 0.216.